The summed E-state index contributed by atoms with van der Waals surface area (Å²) in [6.45, 7) is 5.55. The van der Waals surface area contributed by atoms with Crippen LogP contribution in [0.4, 0.5) is 0 Å². The van der Waals surface area contributed by atoms with Crippen molar-refractivity contribution in [3.05, 3.63) is 0 Å². The Balaban J connectivity index is 1.58. The molecule has 2 rings (SSSR count). The molecule has 14 heavy (non-hydrogen) atoms. The first kappa shape index (κ1) is 10.4. The summed E-state index contributed by atoms with van der Waals surface area (Å²) in [6, 6.07) is 0. The Bertz CT molecular complexity index is 183. The third-order valence-electron chi connectivity index (χ3n) is 3.96. The molecule has 0 aromatic rings. The van der Waals surface area contributed by atoms with E-state index in [0.717, 1.165) is 36.8 Å². The van der Waals surface area contributed by atoms with Crippen LogP contribution >= 0.6 is 0 Å². The molecule has 82 valence electrons. The van der Waals surface area contributed by atoms with Gasteiger partial charge in [0.15, 0.2) is 0 Å². The summed E-state index contributed by atoms with van der Waals surface area (Å²) in [7, 11) is 0. The summed E-state index contributed by atoms with van der Waals surface area (Å²) in [5.41, 5.74) is 6.28. The minimum Gasteiger partial charge on any atom is -0.330 e. The Hall–Kier alpha value is -0.0800. The molecule has 2 saturated carbocycles. The fourth-order valence-corrected chi connectivity index (χ4v) is 2.54. The standard InChI is InChI=1S/C12H24N2/c1-10(4-7-13)8-14-9-12(5-6-12)11-2-3-11/h10-11,14H,2-9,13H2,1H3. The molecule has 2 heteroatoms. The van der Waals surface area contributed by atoms with Crippen LogP contribution in [-0.2, 0) is 0 Å². The average Bonchev–Trinajstić information content (AvgIpc) is 3.00. The van der Waals surface area contributed by atoms with E-state index in [0.29, 0.717) is 0 Å². The molecule has 0 amide bonds. The molecule has 2 aliphatic carbocycles. The van der Waals surface area contributed by atoms with Crippen molar-refractivity contribution in [3.8, 4) is 0 Å². The first-order chi connectivity index (χ1) is 6.77. The van der Waals surface area contributed by atoms with Crippen molar-refractivity contribution in [2.45, 2.75) is 39.0 Å². The van der Waals surface area contributed by atoms with Crippen LogP contribution in [0.2, 0.25) is 0 Å². The molecule has 0 aromatic heterocycles. The van der Waals surface area contributed by atoms with E-state index in [9.17, 15) is 0 Å². The second kappa shape index (κ2) is 4.19. The van der Waals surface area contributed by atoms with Crippen LogP contribution in [-0.4, -0.2) is 19.6 Å². The molecule has 2 fully saturated rings. The minimum atomic E-state index is 0.745. The summed E-state index contributed by atoms with van der Waals surface area (Å²) in [6.07, 6.45) is 7.12. The monoisotopic (exact) mass is 196 g/mol. The highest BCUT2D eigenvalue weighted by Crippen LogP contribution is 2.60. The largest absolute Gasteiger partial charge is 0.330 e. The van der Waals surface area contributed by atoms with Crippen LogP contribution in [0.3, 0.4) is 0 Å². The number of nitrogens with one attached hydrogen (secondary N) is 1. The van der Waals surface area contributed by atoms with Gasteiger partial charge in [0.05, 0.1) is 0 Å². The molecule has 0 saturated heterocycles. The minimum absolute atomic E-state index is 0.745. The number of hydrogen-bond acceptors (Lipinski definition) is 2. The van der Waals surface area contributed by atoms with Gasteiger partial charge in [-0.05, 0) is 62.4 Å². The van der Waals surface area contributed by atoms with Crippen LogP contribution in [0.5, 0.6) is 0 Å². The van der Waals surface area contributed by atoms with E-state index in [1.807, 2.05) is 0 Å². The van der Waals surface area contributed by atoms with Crippen molar-refractivity contribution in [2.75, 3.05) is 19.6 Å². The molecule has 3 N–H and O–H groups in total. The van der Waals surface area contributed by atoms with E-state index in [2.05, 4.69) is 12.2 Å². The average molecular weight is 196 g/mol. The maximum Gasteiger partial charge on any atom is 0.00106 e. The van der Waals surface area contributed by atoms with Crippen molar-refractivity contribution >= 4 is 0 Å². The zero-order valence-corrected chi connectivity index (χ0v) is 9.39. The Kier molecular flexibility index (Phi) is 3.13. The smallest absolute Gasteiger partial charge is 0.00106 e. The number of nitrogens with two attached hydrogens (primary N) is 1. The van der Waals surface area contributed by atoms with E-state index in [1.54, 1.807) is 0 Å². The molecule has 0 aliphatic heterocycles. The lowest BCUT2D eigenvalue weighted by Crippen LogP contribution is -2.29. The van der Waals surface area contributed by atoms with E-state index in [1.165, 1.54) is 32.2 Å². The highest BCUT2D eigenvalue weighted by Gasteiger charge is 2.53. The Morgan fingerprint density at radius 2 is 2.14 bits per heavy atom. The second-order valence-electron chi connectivity index (χ2n) is 5.45. The summed E-state index contributed by atoms with van der Waals surface area (Å²) < 4.78 is 0. The number of rotatable bonds is 7. The van der Waals surface area contributed by atoms with Gasteiger partial charge in [-0.3, -0.25) is 0 Å². The molecule has 0 aromatic carbocycles. The SMILES string of the molecule is CC(CCN)CNCC1(C2CC2)CC1. The fraction of sp³-hybridized carbons (Fsp3) is 1.00. The van der Waals surface area contributed by atoms with Gasteiger partial charge in [-0.2, -0.15) is 0 Å². The topological polar surface area (TPSA) is 38.0 Å². The van der Waals surface area contributed by atoms with Crippen molar-refractivity contribution in [1.29, 1.82) is 0 Å². The molecule has 0 bridgehead atoms. The van der Waals surface area contributed by atoms with Gasteiger partial charge in [-0.1, -0.05) is 6.92 Å². The highest BCUT2D eigenvalue weighted by atomic mass is 14.9. The molecule has 0 spiro atoms. The van der Waals surface area contributed by atoms with Gasteiger partial charge in [0.1, 0.15) is 0 Å². The zero-order chi connectivity index (χ0) is 10.0. The van der Waals surface area contributed by atoms with Crippen LogP contribution < -0.4 is 11.1 Å². The first-order valence-corrected chi connectivity index (χ1v) is 6.18. The van der Waals surface area contributed by atoms with Crippen molar-refractivity contribution in [3.63, 3.8) is 0 Å². The van der Waals surface area contributed by atoms with Crippen LogP contribution in [0, 0.1) is 17.3 Å². The second-order valence-corrected chi connectivity index (χ2v) is 5.45. The van der Waals surface area contributed by atoms with Gasteiger partial charge in [-0.15, -0.1) is 0 Å². The first-order valence-electron chi connectivity index (χ1n) is 6.18. The Morgan fingerprint density at radius 3 is 2.64 bits per heavy atom. The Labute approximate surface area is 87.6 Å². The zero-order valence-electron chi connectivity index (χ0n) is 9.39. The third kappa shape index (κ3) is 2.48. The molecule has 1 atom stereocenters. The lowest BCUT2D eigenvalue weighted by atomic mass is 10.0. The van der Waals surface area contributed by atoms with E-state index in [4.69, 9.17) is 5.73 Å². The summed E-state index contributed by atoms with van der Waals surface area (Å²) in [5, 5.41) is 3.64. The fourth-order valence-electron chi connectivity index (χ4n) is 2.54. The van der Waals surface area contributed by atoms with Crippen molar-refractivity contribution in [2.24, 2.45) is 23.0 Å². The van der Waals surface area contributed by atoms with Gasteiger partial charge < -0.3 is 11.1 Å². The predicted molar refractivity (Wildman–Crippen MR) is 60.1 cm³/mol. The highest BCUT2D eigenvalue weighted by molar-refractivity contribution is 5.04. The van der Waals surface area contributed by atoms with Gasteiger partial charge >= 0.3 is 0 Å². The lowest BCUT2D eigenvalue weighted by Gasteiger charge is -2.17. The molecule has 2 aliphatic rings. The van der Waals surface area contributed by atoms with Crippen LogP contribution in [0.25, 0.3) is 0 Å². The lowest BCUT2D eigenvalue weighted by molar-refractivity contribution is 0.379. The third-order valence-corrected chi connectivity index (χ3v) is 3.96. The van der Waals surface area contributed by atoms with Gasteiger partial charge in [0.2, 0.25) is 0 Å². The van der Waals surface area contributed by atoms with E-state index >= 15 is 0 Å². The Morgan fingerprint density at radius 1 is 1.43 bits per heavy atom. The van der Waals surface area contributed by atoms with E-state index < -0.39 is 0 Å². The quantitative estimate of drug-likeness (QED) is 0.651. The molecular weight excluding hydrogens is 172 g/mol. The van der Waals surface area contributed by atoms with Crippen molar-refractivity contribution in [1.82, 2.24) is 5.32 Å². The summed E-state index contributed by atoms with van der Waals surface area (Å²) in [5.74, 6) is 1.83. The summed E-state index contributed by atoms with van der Waals surface area (Å²) in [4.78, 5) is 0. The molecule has 1 unspecified atom stereocenters. The van der Waals surface area contributed by atoms with Gasteiger partial charge in [-0.25, -0.2) is 0 Å². The molecule has 0 heterocycles. The molecule has 2 nitrogen and oxygen atoms in total. The maximum absolute atomic E-state index is 5.53. The molecule has 0 radical (unpaired) electrons. The summed E-state index contributed by atoms with van der Waals surface area (Å²) >= 11 is 0. The van der Waals surface area contributed by atoms with Gasteiger partial charge in [0, 0.05) is 6.54 Å². The van der Waals surface area contributed by atoms with Crippen LogP contribution in [0.1, 0.15) is 39.0 Å². The molecular formula is C12H24N2. The van der Waals surface area contributed by atoms with E-state index in [-0.39, 0.29) is 0 Å². The normalized spacial score (nSPS) is 26.1. The van der Waals surface area contributed by atoms with Gasteiger partial charge in [0.25, 0.3) is 0 Å². The predicted octanol–water partition coefficient (Wildman–Crippen LogP) is 1.75. The van der Waals surface area contributed by atoms with Crippen LogP contribution in [0.15, 0.2) is 0 Å². The van der Waals surface area contributed by atoms with Crippen molar-refractivity contribution < 1.29 is 0 Å². The maximum atomic E-state index is 5.53. The number of hydrogen-bond donors (Lipinski definition) is 2.